The number of nitrogen functional groups attached to an aromatic ring is 1. The molecule has 4 nitrogen and oxygen atoms in total. The van der Waals surface area contributed by atoms with E-state index in [2.05, 4.69) is 6.92 Å². The van der Waals surface area contributed by atoms with Crippen LogP contribution in [0.25, 0.3) is 0 Å². The summed E-state index contributed by atoms with van der Waals surface area (Å²) in [5.74, 6) is 0.00331. The smallest absolute Gasteiger partial charge is 0.337 e. The van der Waals surface area contributed by atoms with E-state index in [-0.39, 0.29) is 11.6 Å². The summed E-state index contributed by atoms with van der Waals surface area (Å²) in [6.07, 6.45) is 2.99. The number of carboxylic acids is 1. The lowest BCUT2D eigenvalue weighted by molar-refractivity contribution is 0.0697. The first-order chi connectivity index (χ1) is 8.52. The normalized spacial score (nSPS) is 12.2. The first-order valence-electron chi connectivity index (χ1n) is 5.86. The number of nitrogens with two attached hydrogens (primary N) is 1. The van der Waals surface area contributed by atoms with Gasteiger partial charge in [-0.05, 0) is 24.8 Å². The Morgan fingerprint density at radius 2 is 2.22 bits per heavy atom. The van der Waals surface area contributed by atoms with Gasteiger partial charge in [-0.1, -0.05) is 13.0 Å². The van der Waals surface area contributed by atoms with Crippen LogP contribution in [-0.4, -0.2) is 36.2 Å². The van der Waals surface area contributed by atoms with Crippen molar-refractivity contribution in [1.82, 2.24) is 0 Å². The van der Waals surface area contributed by atoms with Crippen molar-refractivity contribution >= 4 is 29.1 Å². The minimum atomic E-state index is -0.942. The highest BCUT2D eigenvalue weighted by molar-refractivity contribution is 7.98. The first-order valence-corrected chi connectivity index (χ1v) is 7.25. The molecule has 0 aliphatic heterocycles. The molecular weight excluding hydrogens is 248 g/mol. The lowest BCUT2D eigenvalue weighted by atomic mass is 10.1. The fraction of sp³-hybridized carbons (Fsp3) is 0.462. The second-order valence-electron chi connectivity index (χ2n) is 4.18. The zero-order valence-corrected chi connectivity index (χ0v) is 11.8. The fourth-order valence-electron chi connectivity index (χ4n) is 2.01. The molecular formula is C13H20N2O2S. The zero-order chi connectivity index (χ0) is 13.7. The Kier molecular flexibility index (Phi) is 5.34. The van der Waals surface area contributed by atoms with Crippen molar-refractivity contribution in [3.05, 3.63) is 23.8 Å². The fourth-order valence-corrected chi connectivity index (χ4v) is 2.85. The number of carboxylic acid groups (broad SMARTS) is 1. The summed E-state index contributed by atoms with van der Waals surface area (Å²) in [6.45, 7) is 2.09. The Balaban J connectivity index is 3.17. The summed E-state index contributed by atoms with van der Waals surface area (Å²) in [7, 11) is 1.91. The number of anilines is 2. The highest BCUT2D eigenvalue weighted by atomic mass is 32.2. The molecule has 0 radical (unpaired) electrons. The van der Waals surface area contributed by atoms with E-state index in [1.54, 1.807) is 30.0 Å². The van der Waals surface area contributed by atoms with E-state index in [0.717, 1.165) is 12.2 Å². The van der Waals surface area contributed by atoms with Crippen LogP contribution in [0.2, 0.25) is 0 Å². The molecule has 0 amide bonds. The van der Waals surface area contributed by atoms with Gasteiger partial charge in [0, 0.05) is 18.8 Å². The molecule has 0 bridgehead atoms. The molecule has 0 aromatic heterocycles. The third kappa shape index (κ3) is 3.10. The third-order valence-corrected chi connectivity index (χ3v) is 3.75. The summed E-state index contributed by atoms with van der Waals surface area (Å²) in [5.41, 5.74) is 7.33. The van der Waals surface area contributed by atoms with Crippen LogP contribution in [0.15, 0.2) is 18.2 Å². The monoisotopic (exact) mass is 268 g/mol. The van der Waals surface area contributed by atoms with Gasteiger partial charge in [-0.2, -0.15) is 11.8 Å². The maximum atomic E-state index is 11.3. The standard InChI is InChI=1S/C13H20N2O2S/c1-4-9(8-18-3)15(2)12-10(13(16)17)6-5-7-11(12)14/h5-7,9H,4,8,14H2,1-3H3,(H,16,17). The van der Waals surface area contributed by atoms with E-state index >= 15 is 0 Å². The number of nitrogens with zero attached hydrogens (tertiary/aromatic N) is 1. The van der Waals surface area contributed by atoms with Gasteiger partial charge in [-0.25, -0.2) is 4.79 Å². The van der Waals surface area contributed by atoms with E-state index in [1.165, 1.54) is 0 Å². The van der Waals surface area contributed by atoms with Gasteiger partial charge < -0.3 is 15.7 Å². The average Bonchev–Trinajstić information content (AvgIpc) is 2.34. The maximum Gasteiger partial charge on any atom is 0.337 e. The van der Waals surface area contributed by atoms with Gasteiger partial charge in [-0.15, -0.1) is 0 Å². The molecule has 18 heavy (non-hydrogen) atoms. The molecule has 0 saturated carbocycles. The van der Waals surface area contributed by atoms with Gasteiger partial charge in [-0.3, -0.25) is 0 Å². The molecule has 100 valence electrons. The molecule has 1 aromatic carbocycles. The predicted molar refractivity (Wildman–Crippen MR) is 78.7 cm³/mol. The summed E-state index contributed by atoms with van der Waals surface area (Å²) in [6, 6.07) is 5.29. The molecule has 1 atom stereocenters. The van der Waals surface area contributed by atoms with Crippen LogP contribution >= 0.6 is 11.8 Å². The molecule has 0 aliphatic rings. The molecule has 3 N–H and O–H groups in total. The number of para-hydroxylation sites is 1. The van der Waals surface area contributed by atoms with Gasteiger partial charge in [0.15, 0.2) is 0 Å². The highest BCUT2D eigenvalue weighted by Crippen LogP contribution is 2.29. The molecule has 1 rings (SSSR count). The molecule has 0 saturated heterocycles. The van der Waals surface area contributed by atoms with Gasteiger partial charge >= 0.3 is 5.97 Å². The quantitative estimate of drug-likeness (QED) is 0.776. The molecule has 1 unspecified atom stereocenters. The van der Waals surface area contributed by atoms with Crippen LogP contribution in [0.5, 0.6) is 0 Å². The largest absolute Gasteiger partial charge is 0.478 e. The Morgan fingerprint density at radius 1 is 1.56 bits per heavy atom. The molecule has 0 fully saturated rings. The summed E-state index contributed by atoms with van der Waals surface area (Å²) < 4.78 is 0. The topological polar surface area (TPSA) is 66.6 Å². The van der Waals surface area contributed by atoms with Crippen molar-refractivity contribution in [2.45, 2.75) is 19.4 Å². The predicted octanol–water partition coefficient (Wildman–Crippen LogP) is 2.54. The van der Waals surface area contributed by atoms with Crippen LogP contribution < -0.4 is 10.6 Å². The van der Waals surface area contributed by atoms with Crippen molar-refractivity contribution in [3.8, 4) is 0 Å². The summed E-state index contributed by atoms with van der Waals surface area (Å²) in [4.78, 5) is 13.2. The lowest BCUT2D eigenvalue weighted by Gasteiger charge is -2.30. The number of thioether (sulfide) groups is 1. The molecule has 0 heterocycles. The Labute approximate surface area is 112 Å². The molecule has 0 aliphatic carbocycles. The van der Waals surface area contributed by atoms with Crippen LogP contribution in [0.4, 0.5) is 11.4 Å². The van der Waals surface area contributed by atoms with E-state index in [1.807, 2.05) is 18.2 Å². The van der Waals surface area contributed by atoms with E-state index < -0.39 is 5.97 Å². The van der Waals surface area contributed by atoms with Crippen molar-refractivity contribution in [2.75, 3.05) is 29.7 Å². The Hall–Kier alpha value is -1.36. The number of carbonyl (C=O) groups is 1. The zero-order valence-electron chi connectivity index (χ0n) is 11.0. The van der Waals surface area contributed by atoms with Crippen LogP contribution in [0, 0.1) is 0 Å². The highest BCUT2D eigenvalue weighted by Gasteiger charge is 2.21. The van der Waals surface area contributed by atoms with Gasteiger partial charge in [0.05, 0.1) is 16.9 Å². The molecule has 5 heteroatoms. The van der Waals surface area contributed by atoms with Crippen molar-refractivity contribution in [1.29, 1.82) is 0 Å². The second-order valence-corrected chi connectivity index (χ2v) is 5.09. The van der Waals surface area contributed by atoms with Gasteiger partial charge in [0.2, 0.25) is 0 Å². The number of rotatable bonds is 6. The summed E-state index contributed by atoms with van der Waals surface area (Å²) >= 11 is 1.75. The second kappa shape index (κ2) is 6.54. The molecule has 1 aromatic rings. The third-order valence-electron chi connectivity index (χ3n) is 3.03. The van der Waals surface area contributed by atoms with Crippen molar-refractivity contribution in [2.24, 2.45) is 0 Å². The number of benzene rings is 1. The van der Waals surface area contributed by atoms with Crippen molar-refractivity contribution < 1.29 is 9.90 Å². The van der Waals surface area contributed by atoms with E-state index in [9.17, 15) is 9.90 Å². The maximum absolute atomic E-state index is 11.3. The number of aromatic carboxylic acids is 1. The average molecular weight is 268 g/mol. The first kappa shape index (κ1) is 14.7. The van der Waals surface area contributed by atoms with Crippen molar-refractivity contribution in [3.63, 3.8) is 0 Å². The Morgan fingerprint density at radius 3 is 2.72 bits per heavy atom. The van der Waals surface area contributed by atoms with Gasteiger partial charge in [0.25, 0.3) is 0 Å². The van der Waals surface area contributed by atoms with Crippen LogP contribution in [-0.2, 0) is 0 Å². The van der Waals surface area contributed by atoms with Crippen LogP contribution in [0.3, 0.4) is 0 Å². The van der Waals surface area contributed by atoms with E-state index in [4.69, 9.17) is 5.73 Å². The number of hydrogen-bond acceptors (Lipinski definition) is 4. The van der Waals surface area contributed by atoms with Crippen LogP contribution in [0.1, 0.15) is 23.7 Å². The molecule has 0 spiro atoms. The van der Waals surface area contributed by atoms with Gasteiger partial charge in [0.1, 0.15) is 0 Å². The lowest BCUT2D eigenvalue weighted by Crippen LogP contribution is -2.34. The Bertz CT molecular complexity index is 423. The van der Waals surface area contributed by atoms with E-state index in [0.29, 0.717) is 11.4 Å². The minimum absolute atomic E-state index is 0.261. The summed E-state index contributed by atoms with van der Waals surface area (Å²) in [5, 5.41) is 9.24. The minimum Gasteiger partial charge on any atom is -0.478 e. The SMILES string of the molecule is CCC(CSC)N(C)c1c(N)cccc1C(=O)O. The number of hydrogen-bond donors (Lipinski definition) is 2.